The molecule has 1 saturated carbocycles. The van der Waals surface area contributed by atoms with E-state index in [-0.39, 0.29) is 12.1 Å². The van der Waals surface area contributed by atoms with Crippen molar-refractivity contribution in [2.24, 2.45) is 0 Å². The van der Waals surface area contributed by atoms with E-state index in [0.717, 1.165) is 17.6 Å². The summed E-state index contributed by atoms with van der Waals surface area (Å²) in [5.41, 5.74) is 5.67. The summed E-state index contributed by atoms with van der Waals surface area (Å²) in [6.45, 7) is 4.37. The van der Waals surface area contributed by atoms with Crippen LogP contribution in [-0.2, 0) is 10.0 Å². The number of aromatic nitrogens is 2. The third kappa shape index (κ3) is 4.92. The first-order valence-corrected chi connectivity index (χ1v) is 14.8. The maximum Gasteiger partial charge on any atom is 0.229 e. The van der Waals surface area contributed by atoms with Gasteiger partial charge in [-0.05, 0) is 80.9 Å². The standard InChI is InChI=1S/C27H33N5O3S2/c1-17-15-21(18(2)31(17)19-9-5-6-10-19)26-25(22-11-7-8-14-28-22)29-27(36)32(26)20-12-13-24(35-3)23(16-20)30-37(4,33)34/h7-8,11-16,19,25-26,30H,5-6,9-10H2,1-4H3,(H,29,36)/t25-,26+/m0/s1. The van der Waals surface area contributed by atoms with Gasteiger partial charge in [-0.2, -0.15) is 0 Å². The Morgan fingerprint density at radius 2 is 1.89 bits per heavy atom. The van der Waals surface area contributed by atoms with Crippen molar-refractivity contribution in [1.29, 1.82) is 0 Å². The van der Waals surface area contributed by atoms with E-state index in [2.05, 4.69) is 44.4 Å². The number of thiocarbonyl (C=S) groups is 1. The van der Waals surface area contributed by atoms with Crippen molar-refractivity contribution < 1.29 is 13.2 Å². The second kappa shape index (κ2) is 9.98. The molecule has 2 atom stereocenters. The van der Waals surface area contributed by atoms with Crippen LogP contribution >= 0.6 is 12.2 Å². The summed E-state index contributed by atoms with van der Waals surface area (Å²) in [7, 11) is -2.00. The molecule has 1 aromatic carbocycles. The van der Waals surface area contributed by atoms with Gasteiger partial charge < -0.3 is 19.5 Å². The summed E-state index contributed by atoms with van der Waals surface area (Å²) < 4.78 is 34.6. The molecule has 2 N–H and O–H groups in total. The zero-order valence-corrected chi connectivity index (χ0v) is 23.2. The molecule has 0 bridgehead atoms. The average Bonchev–Trinajstić information content (AvgIpc) is 3.56. The van der Waals surface area contributed by atoms with Crippen LogP contribution in [0.2, 0.25) is 0 Å². The number of benzene rings is 1. The molecule has 1 aliphatic heterocycles. The number of methoxy groups -OCH3 is 1. The third-order valence-electron chi connectivity index (χ3n) is 7.39. The highest BCUT2D eigenvalue weighted by Gasteiger charge is 2.42. The number of nitrogens with one attached hydrogen (secondary N) is 2. The lowest BCUT2D eigenvalue weighted by Crippen LogP contribution is -2.29. The van der Waals surface area contributed by atoms with Crippen molar-refractivity contribution in [2.75, 3.05) is 23.0 Å². The van der Waals surface area contributed by atoms with Crippen LogP contribution in [0.5, 0.6) is 5.75 Å². The van der Waals surface area contributed by atoms with Gasteiger partial charge in [-0.15, -0.1) is 0 Å². The zero-order chi connectivity index (χ0) is 26.3. The first-order chi connectivity index (χ1) is 17.7. The Bertz CT molecular complexity index is 1420. The number of ether oxygens (including phenoxy) is 1. The van der Waals surface area contributed by atoms with Crippen molar-refractivity contribution in [3.8, 4) is 5.75 Å². The highest BCUT2D eigenvalue weighted by Crippen LogP contribution is 2.46. The Kier molecular flexibility index (Phi) is 6.89. The molecule has 1 saturated heterocycles. The third-order valence-corrected chi connectivity index (χ3v) is 8.29. The number of sulfonamides is 1. The lowest BCUT2D eigenvalue weighted by molar-refractivity contribution is 0.417. The molecule has 2 aliphatic rings. The molecule has 0 amide bonds. The molecule has 8 nitrogen and oxygen atoms in total. The van der Waals surface area contributed by atoms with E-state index < -0.39 is 10.0 Å². The van der Waals surface area contributed by atoms with Crippen LogP contribution in [0.1, 0.15) is 66.5 Å². The SMILES string of the molecule is COc1ccc(N2C(=S)N[C@@H](c3ccccn3)[C@H]2c2cc(C)n(C3CCCC3)c2C)cc1NS(C)(=O)=O. The molecule has 196 valence electrons. The predicted octanol–water partition coefficient (Wildman–Crippen LogP) is 5.17. The predicted molar refractivity (Wildman–Crippen MR) is 151 cm³/mol. The number of pyridine rings is 1. The number of nitrogens with zero attached hydrogens (tertiary/aromatic N) is 3. The Morgan fingerprint density at radius 3 is 2.54 bits per heavy atom. The topological polar surface area (TPSA) is 88.5 Å². The minimum atomic E-state index is -3.51. The van der Waals surface area contributed by atoms with Gasteiger partial charge in [0.2, 0.25) is 10.0 Å². The summed E-state index contributed by atoms with van der Waals surface area (Å²) in [6, 6.07) is 13.8. The maximum absolute atomic E-state index is 12.1. The highest BCUT2D eigenvalue weighted by molar-refractivity contribution is 7.92. The van der Waals surface area contributed by atoms with Crippen LogP contribution in [0.3, 0.4) is 0 Å². The van der Waals surface area contributed by atoms with Gasteiger partial charge in [0.15, 0.2) is 5.11 Å². The van der Waals surface area contributed by atoms with Crippen molar-refractivity contribution in [3.05, 3.63) is 71.3 Å². The normalized spacial score (nSPS) is 20.3. The molecular weight excluding hydrogens is 506 g/mol. The van der Waals surface area contributed by atoms with Crippen LogP contribution in [0.4, 0.5) is 11.4 Å². The molecular formula is C27H33N5O3S2. The fraction of sp³-hybridized carbons (Fsp3) is 0.407. The lowest BCUT2D eigenvalue weighted by atomic mass is 9.96. The Hall–Kier alpha value is -3.11. The van der Waals surface area contributed by atoms with Crippen LogP contribution in [-0.4, -0.2) is 36.4 Å². The highest BCUT2D eigenvalue weighted by atomic mass is 32.2. The number of anilines is 2. The number of rotatable bonds is 7. The van der Waals surface area contributed by atoms with E-state index in [1.54, 1.807) is 18.3 Å². The monoisotopic (exact) mass is 539 g/mol. The van der Waals surface area contributed by atoms with Crippen molar-refractivity contribution in [1.82, 2.24) is 14.9 Å². The molecule has 0 unspecified atom stereocenters. The molecule has 3 heterocycles. The van der Waals surface area contributed by atoms with Crippen molar-refractivity contribution in [2.45, 2.75) is 57.7 Å². The van der Waals surface area contributed by atoms with Gasteiger partial charge in [-0.1, -0.05) is 18.9 Å². The van der Waals surface area contributed by atoms with Crippen molar-refractivity contribution in [3.63, 3.8) is 0 Å². The van der Waals surface area contributed by atoms with E-state index in [1.807, 2.05) is 24.3 Å². The van der Waals surface area contributed by atoms with Crippen LogP contribution in [0.25, 0.3) is 0 Å². The second-order valence-electron chi connectivity index (χ2n) is 9.89. The van der Waals surface area contributed by atoms with Gasteiger partial charge in [0.1, 0.15) is 5.75 Å². The quantitative estimate of drug-likeness (QED) is 0.400. The van der Waals surface area contributed by atoms with Gasteiger partial charge in [0.05, 0.1) is 36.8 Å². The van der Waals surface area contributed by atoms with Crippen LogP contribution < -0.4 is 19.7 Å². The van der Waals surface area contributed by atoms with Crippen LogP contribution in [0, 0.1) is 13.8 Å². The summed E-state index contributed by atoms with van der Waals surface area (Å²) in [5, 5.41) is 4.06. The van der Waals surface area contributed by atoms with Crippen molar-refractivity contribution >= 4 is 38.7 Å². The lowest BCUT2D eigenvalue weighted by Gasteiger charge is -2.29. The van der Waals surface area contributed by atoms with Gasteiger partial charge in [0, 0.05) is 29.3 Å². The molecule has 37 heavy (non-hydrogen) atoms. The number of aryl methyl sites for hydroxylation is 1. The molecule has 1 aliphatic carbocycles. The first-order valence-electron chi connectivity index (χ1n) is 12.5. The molecule has 10 heteroatoms. The van der Waals surface area contributed by atoms with E-state index >= 15 is 0 Å². The van der Waals surface area contributed by atoms with E-state index in [0.29, 0.717) is 22.6 Å². The second-order valence-corrected chi connectivity index (χ2v) is 12.0. The summed E-state index contributed by atoms with van der Waals surface area (Å²) in [6.07, 6.45) is 7.84. The average molecular weight is 540 g/mol. The van der Waals surface area contributed by atoms with E-state index in [4.69, 9.17) is 17.0 Å². The van der Waals surface area contributed by atoms with E-state index in [1.165, 1.54) is 49.7 Å². The molecule has 2 aromatic heterocycles. The minimum absolute atomic E-state index is 0.178. The minimum Gasteiger partial charge on any atom is -0.495 e. The van der Waals surface area contributed by atoms with E-state index in [9.17, 15) is 8.42 Å². The molecule has 2 fully saturated rings. The van der Waals surface area contributed by atoms with Crippen LogP contribution in [0.15, 0.2) is 48.7 Å². The smallest absolute Gasteiger partial charge is 0.229 e. The fourth-order valence-electron chi connectivity index (χ4n) is 5.90. The fourth-order valence-corrected chi connectivity index (χ4v) is 6.81. The first kappa shape index (κ1) is 25.5. The summed E-state index contributed by atoms with van der Waals surface area (Å²) >= 11 is 5.89. The largest absolute Gasteiger partial charge is 0.495 e. The summed E-state index contributed by atoms with van der Waals surface area (Å²) in [5.74, 6) is 0.435. The molecule has 0 spiro atoms. The Morgan fingerprint density at radius 1 is 1.14 bits per heavy atom. The van der Waals surface area contributed by atoms with Gasteiger partial charge in [-0.3, -0.25) is 9.71 Å². The number of hydrogen-bond acceptors (Lipinski definition) is 5. The molecule has 0 radical (unpaired) electrons. The molecule has 3 aromatic rings. The Balaban J connectivity index is 1.65. The van der Waals surface area contributed by atoms with Gasteiger partial charge in [-0.25, -0.2) is 8.42 Å². The maximum atomic E-state index is 12.1. The molecule has 5 rings (SSSR count). The zero-order valence-electron chi connectivity index (χ0n) is 21.6. The summed E-state index contributed by atoms with van der Waals surface area (Å²) in [4.78, 5) is 6.73. The van der Waals surface area contributed by atoms with Gasteiger partial charge in [0.25, 0.3) is 0 Å². The van der Waals surface area contributed by atoms with Gasteiger partial charge >= 0.3 is 0 Å². The Labute approximate surface area is 224 Å². The number of hydrogen-bond donors (Lipinski definition) is 2.